The number of nitrogens with zero attached hydrogens (tertiary/aromatic N) is 6. The molecule has 12 heteroatoms. The first-order chi connectivity index (χ1) is 38.2. The summed E-state index contributed by atoms with van der Waals surface area (Å²) < 4.78 is 91.0. The van der Waals surface area contributed by atoms with E-state index in [4.69, 9.17) is 15.0 Å². The molecule has 11 rings (SSSR count). The first-order valence-electron chi connectivity index (χ1n) is 27.6. The molecule has 0 saturated heterocycles. The number of halogens is 6. The molecule has 0 bridgehead atoms. The molecule has 82 heavy (non-hydrogen) atoms. The van der Waals surface area contributed by atoms with Crippen molar-refractivity contribution in [1.29, 1.82) is 0 Å². The zero-order valence-corrected chi connectivity index (χ0v) is 48.8. The van der Waals surface area contributed by atoms with E-state index in [0.717, 1.165) is 96.3 Å². The van der Waals surface area contributed by atoms with E-state index in [9.17, 15) is 26.3 Å². The number of aryl methyl sites for hydroxylation is 2. The molecule has 0 atom stereocenters. The zero-order chi connectivity index (χ0) is 59.0. The van der Waals surface area contributed by atoms with Crippen molar-refractivity contribution in [2.75, 3.05) is 0 Å². The van der Waals surface area contributed by atoms with E-state index >= 15 is 0 Å². The van der Waals surface area contributed by atoms with Gasteiger partial charge in [-0.25, -0.2) is 15.0 Å². The van der Waals surface area contributed by atoms with E-state index in [0.29, 0.717) is 39.9 Å². The van der Waals surface area contributed by atoms with Crippen LogP contribution in [0.3, 0.4) is 0 Å². The summed E-state index contributed by atoms with van der Waals surface area (Å²) in [5, 5.41) is 2.10. The standard InChI is InChI=1S/C70H66F6N6/c1-39-15-20-56-51(27-39)52-28-40(2)16-21-57(52)81(56)58-22-17-41(33-53(58)50-25-26-77-38-61(50)82-59-23-18-44(69(71,72)73)36-54(59)55-37-45(70(74,75)76)19-24-60(55)82)62-78-63(42-29-46(65(3,4)5)34-47(30-42)66(6,7)8)80-64(79-62)43-31-48(67(9,10)11)35-49(32-43)68(12,13)14/h15-38H,1-14H3. The Morgan fingerprint density at radius 3 is 1.09 bits per heavy atom. The topological polar surface area (TPSA) is 61.4 Å². The molecule has 0 unspecified atom stereocenters. The van der Waals surface area contributed by atoms with Gasteiger partial charge in [0.05, 0.1) is 50.8 Å². The number of pyridine rings is 1. The zero-order valence-electron chi connectivity index (χ0n) is 48.8. The second-order valence-corrected chi connectivity index (χ2v) is 26.2. The molecule has 0 aliphatic carbocycles. The highest BCUT2D eigenvalue weighted by Crippen LogP contribution is 2.45. The van der Waals surface area contributed by atoms with Crippen LogP contribution in [0.5, 0.6) is 0 Å². The SMILES string of the molecule is Cc1ccc2c(c1)c1cc(C)ccc1n2-c1ccc(-c2nc(-c3cc(C(C)(C)C)cc(C(C)(C)C)c3)nc(-c3cc(C(C)(C)C)cc(C(C)(C)C)c3)n2)cc1-c1ccncc1-n1c2ccc(C(F)(F)F)cc2c2cc(C(F)(F)F)ccc21. The molecule has 6 nitrogen and oxygen atoms in total. The van der Waals surface area contributed by atoms with Gasteiger partial charge in [-0.1, -0.05) is 118 Å². The van der Waals surface area contributed by atoms with Gasteiger partial charge in [0.2, 0.25) is 0 Å². The fourth-order valence-corrected chi connectivity index (χ4v) is 11.0. The third kappa shape index (κ3) is 10.2. The number of alkyl halides is 6. The molecule has 0 radical (unpaired) electrons. The van der Waals surface area contributed by atoms with Gasteiger partial charge in [0.25, 0.3) is 0 Å². The molecular formula is C70H66F6N6. The Morgan fingerprint density at radius 2 is 0.695 bits per heavy atom. The lowest BCUT2D eigenvalue weighted by atomic mass is 9.79. The predicted octanol–water partition coefficient (Wildman–Crippen LogP) is 20.0. The Morgan fingerprint density at radius 1 is 0.329 bits per heavy atom. The van der Waals surface area contributed by atoms with Crippen molar-refractivity contribution < 1.29 is 26.3 Å². The third-order valence-corrected chi connectivity index (χ3v) is 15.8. The van der Waals surface area contributed by atoms with Gasteiger partial charge in [-0.05, 0) is 167 Å². The van der Waals surface area contributed by atoms with Crippen LogP contribution < -0.4 is 0 Å². The van der Waals surface area contributed by atoms with Crippen LogP contribution in [0.2, 0.25) is 0 Å². The van der Waals surface area contributed by atoms with E-state index in [1.165, 1.54) is 12.1 Å². The summed E-state index contributed by atoms with van der Waals surface area (Å²) in [6, 6.07) is 40.3. The maximum atomic E-state index is 14.5. The van der Waals surface area contributed by atoms with Crippen LogP contribution in [0, 0.1) is 13.8 Å². The van der Waals surface area contributed by atoms with E-state index in [2.05, 4.69) is 179 Å². The van der Waals surface area contributed by atoms with Crippen LogP contribution in [0.25, 0.3) is 100 Å². The van der Waals surface area contributed by atoms with Crippen LogP contribution in [-0.2, 0) is 34.0 Å². The van der Waals surface area contributed by atoms with Gasteiger partial charge in [-0.2, -0.15) is 26.3 Å². The van der Waals surface area contributed by atoms with Crippen LogP contribution in [0.15, 0.2) is 146 Å². The second-order valence-electron chi connectivity index (χ2n) is 26.2. The molecule has 0 aliphatic heterocycles. The molecule has 0 fully saturated rings. The van der Waals surface area contributed by atoms with Crippen LogP contribution >= 0.6 is 0 Å². The van der Waals surface area contributed by atoms with E-state index < -0.39 is 23.5 Å². The Hall–Kier alpha value is -8.12. The summed E-state index contributed by atoms with van der Waals surface area (Å²) in [5.74, 6) is 1.37. The summed E-state index contributed by atoms with van der Waals surface area (Å²) in [6.45, 7) is 30.5. The van der Waals surface area contributed by atoms with Gasteiger partial charge in [-0.3, -0.25) is 4.98 Å². The largest absolute Gasteiger partial charge is 0.416 e. The molecule has 4 aromatic heterocycles. The summed E-state index contributed by atoms with van der Waals surface area (Å²) in [5.41, 5.74) is 11.0. The average Bonchev–Trinajstić information content (AvgIpc) is 2.11. The number of hydrogen-bond donors (Lipinski definition) is 0. The van der Waals surface area contributed by atoms with Gasteiger partial charge < -0.3 is 9.13 Å². The summed E-state index contributed by atoms with van der Waals surface area (Å²) in [7, 11) is 0. The third-order valence-electron chi connectivity index (χ3n) is 15.8. The van der Waals surface area contributed by atoms with Gasteiger partial charge in [0, 0.05) is 55.6 Å². The fourth-order valence-electron chi connectivity index (χ4n) is 11.0. The molecule has 0 amide bonds. The van der Waals surface area contributed by atoms with Crippen LogP contribution in [0.1, 0.15) is 128 Å². The minimum atomic E-state index is -4.76. The van der Waals surface area contributed by atoms with Gasteiger partial charge in [-0.15, -0.1) is 0 Å². The Balaban J connectivity index is 1.25. The monoisotopic (exact) mass is 1100 g/mol. The Labute approximate surface area is 475 Å². The first kappa shape index (κ1) is 55.8. The highest BCUT2D eigenvalue weighted by molar-refractivity contribution is 6.12. The van der Waals surface area contributed by atoms with E-state index in [1.54, 1.807) is 17.0 Å². The molecule has 0 spiro atoms. The van der Waals surface area contributed by atoms with Crippen LogP contribution in [0.4, 0.5) is 26.3 Å². The number of aromatic nitrogens is 6. The molecular weight excluding hydrogens is 1040 g/mol. The molecule has 0 N–H and O–H groups in total. The number of hydrogen-bond acceptors (Lipinski definition) is 4. The maximum Gasteiger partial charge on any atom is 0.416 e. The smallest absolute Gasteiger partial charge is 0.309 e. The lowest BCUT2D eigenvalue weighted by Crippen LogP contribution is -2.17. The van der Waals surface area contributed by atoms with Crippen molar-refractivity contribution in [3.8, 4) is 56.7 Å². The van der Waals surface area contributed by atoms with Crippen molar-refractivity contribution >= 4 is 43.6 Å². The molecule has 11 aromatic rings. The quantitative estimate of drug-likeness (QED) is 0.156. The second kappa shape index (κ2) is 19.2. The Kier molecular flexibility index (Phi) is 13.1. The van der Waals surface area contributed by atoms with Crippen molar-refractivity contribution in [3.63, 3.8) is 0 Å². The van der Waals surface area contributed by atoms with Crippen molar-refractivity contribution in [2.45, 2.75) is 131 Å². The van der Waals surface area contributed by atoms with Gasteiger partial charge in [0.1, 0.15) is 0 Å². The predicted molar refractivity (Wildman–Crippen MR) is 322 cm³/mol. The number of fused-ring (bicyclic) bond motifs is 6. The maximum absolute atomic E-state index is 14.5. The molecule has 0 aliphatic rings. The molecule has 0 saturated carbocycles. The average molecular weight is 1110 g/mol. The van der Waals surface area contributed by atoms with Gasteiger partial charge in [0.15, 0.2) is 17.5 Å². The van der Waals surface area contributed by atoms with Crippen molar-refractivity contribution in [3.05, 3.63) is 190 Å². The van der Waals surface area contributed by atoms with Gasteiger partial charge >= 0.3 is 12.4 Å². The summed E-state index contributed by atoms with van der Waals surface area (Å²) >= 11 is 0. The molecule has 418 valence electrons. The number of rotatable bonds is 6. The minimum Gasteiger partial charge on any atom is -0.309 e. The summed E-state index contributed by atoms with van der Waals surface area (Å²) in [4.78, 5) is 20.8. The number of benzene rings is 7. The minimum absolute atomic E-state index is 0.00776. The normalized spacial score (nSPS) is 13.1. The highest BCUT2D eigenvalue weighted by atomic mass is 19.4. The fraction of sp³-hybridized carbons (Fsp3) is 0.286. The van der Waals surface area contributed by atoms with E-state index in [-0.39, 0.29) is 43.5 Å². The summed E-state index contributed by atoms with van der Waals surface area (Å²) in [6.07, 6.45) is -6.26. The lowest BCUT2D eigenvalue weighted by molar-refractivity contribution is -0.138. The molecule has 4 heterocycles. The van der Waals surface area contributed by atoms with Crippen molar-refractivity contribution in [2.24, 2.45) is 0 Å². The van der Waals surface area contributed by atoms with Crippen LogP contribution in [-0.4, -0.2) is 29.1 Å². The van der Waals surface area contributed by atoms with E-state index in [1.807, 2.05) is 24.3 Å². The first-order valence-corrected chi connectivity index (χ1v) is 27.6. The highest BCUT2D eigenvalue weighted by Gasteiger charge is 2.34. The molecule has 7 aromatic carbocycles. The lowest BCUT2D eigenvalue weighted by Gasteiger charge is -2.26. The Bertz CT molecular complexity index is 4080. The van der Waals surface area contributed by atoms with Crippen molar-refractivity contribution in [1.82, 2.24) is 29.1 Å².